The minimum Gasteiger partial charge on any atom is -0.494 e. The summed E-state index contributed by atoms with van der Waals surface area (Å²) in [6.07, 6.45) is -4.47. The molecule has 1 aromatic carbocycles. The Kier molecular flexibility index (Phi) is 8.67. The molecule has 0 radical (unpaired) electrons. The molecule has 1 aromatic heterocycles. The normalized spacial score (nSPS) is 14.3. The highest BCUT2D eigenvalue weighted by Crippen LogP contribution is 2.31. The molecule has 2 heterocycles. The number of nitrogens with one attached hydrogen (secondary N) is 1. The number of morpholine rings is 1. The topological polar surface area (TPSA) is 90.7 Å². The largest absolute Gasteiger partial charge is 0.494 e. The summed E-state index contributed by atoms with van der Waals surface area (Å²) in [7, 11) is 0. The molecule has 182 valence electrons. The fourth-order valence-electron chi connectivity index (χ4n) is 3.16. The van der Waals surface area contributed by atoms with E-state index in [2.05, 4.69) is 15.5 Å². The predicted molar refractivity (Wildman–Crippen MR) is 117 cm³/mol. The summed E-state index contributed by atoms with van der Waals surface area (Å²) in [6.45, 7) is 4.88. The Morgan fingerprint density at radius 3 is 2.58 bits per heavy atom. The van der Waals surface area contributed by atoms with Crippen LogP contribution in [-0.4, -0.2) is 72.1 Å². The van der Waals surface area contributed by atoms with E-state index in [1.807, 2.05) is 13.8 Å². The summed E-state index contributed by atoms with van der Waals surface area (Å²) >= 11 is 0.881. The third-order valence-electron chi connectivity index (χ3n) is 4.50. The Balaban J connectivity index is 1.72. The monoisotopic (exact) mass is 489 g/mol. The van der Waals surface area contributed by atoms with Gasteiger partial charge in [-0.25, -0.2) is 0 Å². The van der Waals surface area contributed by atoms with Gasteiger partial charge in [0.05, 0.1) is 37.9 Å². The van der Waals surface area contributed by atoms with Gasteiger partial charge in [0.15, 0.2) is 5.16 Å². The molecule has 1 saturated heterocycles. The molecule has 3 rings (SSSR count). The van der Waals surface area contributed by atoms with Crippen LogP contribution in [0.1, 0.15) is 13.8 Å². The summed E-state index contributed by atoms with van der Waals surface area (Å²) in [5, 5.41) is 10.6. The first-order valence-electron chi connectivity index (χ1n) is 10.5. The zero-order chi connectivity index (χ0) is 23.8. The van der Waals surface area contributed by atoms with E-state index in [9.17, 15) is 18.0 Å². The van der Waals surface area contributed by atoms with E-state index in [0.717, 1.165) is 16.3 Å². The summed E-state index contributed by atoms with van der Waals surface area (Å²) in [6, 6.07) is 5.05. The number of benzene rings is 1. The number of carbonyl (C=O) groups is 1. The number of anilines is 2. The van der Waals surface area contributed by atoms with E-state index < -0.39 is 18.6 Å². The molecule has 0 atom stereocenters. The molecule has 0 bridgehead atoms. The van der Waals surface area contributed by atoms with Crippen molar-refractivity contribution in [2.75, 3.05) is 55.5 Å². The number of carbonyl (C=O) groups excluding carboxylic acids is 1. The summed E-state index contributed by atoms with van der Waals surface area (Å²) in [5.74, 6) is 0.549. The number of rotatable bonds is 10. The van der Waals surface area contributed by atoms with E-state index >= 15 is 0 Å². The molecule has 1 aliphatic rings. The van der Waals surface area contributed by atoms with Gasteiger partial charge >= 0.3 is 6.18 Å². The SMILES string of the molecule is CCOc1ccc(OCC)c(NC(=O)CSc2nnc(N3CCOCC3)n2CC(F)(F)F)c1. The maximum atomic E-state index is 13.2. The third-order valence-corrected chi connectivity index (χ3v) is 5.46. The molecule has 1 fully saturated rings. The van der Waals surface area contributed by atoms with Crippen molar-refractivity contribution in [1.29, 1.82) is 0 Å². The van der Waals surface area contributed by atoms with Gasteiger partial charge < -0.3 is 24.4 Å². The van der Waals surface area contributed by atoms with Crippen LogP contribution < -0.4 is 19.7 Å². The molecule has 33 heavy (non-hydrogen) atoms. The summed E-state index contributed by atoms with van der Waals surface area (Å²) in [5.41, 5.74) is 0.416. The number of nitrogens with zero attached hydrogens (tertiary/aromatic N) is 4. The van der Waals surface area contributed by atoms with E-state index in [0.29, 0.717) is 56.7 Å². The van der Waals surface area contributed by atoms with E-state index in [4.69, 9.17) is 14.2 Å². The average molecular weight is 490 g/mol. The molecule has 9 nitrogen and oxygen atoms in total. The zero-order valence-corrected chi connectivity index (χ0v) is 19.2. The molecule has 1 aliphatic heterocycles. The minimum atomic E-state index is -4.47. The van der Waals surface area contributed by atoms with Crippen LogP contribution >= 0.6 is 11.8 Å². The standard InChI is InChI=1S/C20H26F3N5O4S/c1-3-31-14-5-6-16(32-4-2)15(11-14)24-17(29)12-33-19-26-25-18(27-7-9-30-10-8-27)28(19)13-20(21,22)23/h5-6,11H,3-4,7-10,12-13H2,1-2H3,(H,24,29). The number of thioether (sulfide) groups is 1. The van der Waals surface area contributed by atoms with Gasteiger partial charge in [0, 0.05) is 19.2 Å². The maximum Gasteiger partial charge on any atom is 0.406 e. The highest BCUT2D eigenvalue weighted by molar-refractivity contribution is 7.99. The lowest BCUT2D eigenvalue weighted by Crippen LogP contribution is -2.38. The van der Waals surface area contributed by atoms with Crippen LogP contribution in [0.3, 0.4) is 0 Å². The number of amides is 1. The second-order valence-corrected chi connectivity index (χ2v) is 7.89. The fraction of sp³-hybridized carbons (Fsp3) is 0.550. The van der Waals surface area contributed by atoms with Crippen molar-refractivity contribution in [2.45, 2.75) is 31.7 Å². The zero-order valence-electron chi connectivity index (χ0n) is 18.4. The van der Waals surface area contributed by atoms with Gasteiger partial charge in [0.1, 0.15) is 18.0 Å². The van der Waals surface area contributed by atoms with Crippen LogP contribution in [0, 0.1) is 0 Å². The first kappa shape index (κ1) is 25.0. The molecule has 2 aromatic rings. The molecule has 1 amide bonds. The molecule has 1 N–H and O–H groups in total. The van der Waals surface area contributed by atoms with Crippen molar-refractivity contribution in [3.05, 3.63) is 18.2 Å². The second-order valence-electron chi connectivity index (χ2n) is 6.94. The lowest BCUT2D eigenvalue weighted by Gasteiger charge is -2.28. The van der Waals surface area contributed by atoms with Crippen molar-refractivity contribution in [3.8, 4) is 11.5 Å². The molecular weight excluding hydrogens is 463 g/mol. The Bertz CT molecular complexity index is 935. The van der Waals surface area contributed by atoms with Crippen molar-refractivity contribution < 1.29 is 32.2 Å². The Morgan fingerprint density at radius 2 is 1.91 bits per heavy atom. The molecule has 13 heteroatoms. The number of halogens is 3. The van der Waals surface area contributed by atoms with Crippen molar-refractivity contribution >= 4 is 29.3 Å². The number of aromatic nitrogens is 3. The van der Waals surface area contributed by atoms with Crippen LogP contribution in [0.4, 0.5) is 24.8 Å². The number of ether oxygens (including phenoxy) is 3. The van der Waals surface area contributed by atoms with Crippen molar-refractivity contribution in [2.24, 2.45) is 0 Å². The predicted octanol–water partition coefficient (Wildman–Crippen LogP) is 3.21. The third kappa shape index (κ3) is 7.16. The summed E-state index contributed by atoms with van der Waals surface area (Å²) < 4.78 is 56.9. The molecule has 0 saturated carbocycles. The van der Waals surface area contributed by atoms with Crippen LogP contribution in [-0.2, 0) is 16.1 Å². The van der Waals surface area contributed by atoms with Gasteiger partial charge in [0.2, 0.25) is 11.9 Å². The molecular formula is C20H26F3N5O4S. The van der Waals surface area contributed by atoms with Gasteiger partial charge in [0.25, 0.3) is 0 Å². The van der Waals surface area contributed by atoms with Gasteiger partial charge in [-0.05, 0) is 26.0 Å². The van der Waals surface area contributed by atoms with Crippen LogP contribution in [0.15, 0.2) is 23.4 Å². The Hall–Kier alpha value is -2.67. The van der Waals surface area contributed by atoms with Crippen LogP contribution in [0.2, 0.25) is 0 Å². The average Bonchev–Trinajstić information content (AvgIpc) is 3.16. The fourth-order valence-corrected chi connectivity index (χ4v) is 3.90. The first-order chi connectivity index (χ1) is 15.8. The van der Waals surface area contributed by atoms with Crippen molar-refractivity contribution in [3.63, 3.8) is 0 Å². The number of hydrogen-bond donors (Lipinski definition) is 1. The molecule has 0 aliphatic carbocycles. The maximum absolute atomic E-state index is 13.2. The highest BCUT2D eigenvalue weighted by atomic mass is 32.2. The smallest absolute Gasteiger partial charge is 0.406 e. The van der Waals surface area contributed by atoms with Gasteiger partial charge in [-0.1, -0.05) is 11.8 Å². The van der Waals surface area contributed by atoms with E-state index in [1.54, 1.807) is 23.1 Å². The lowest BCUT2D eigenvalue weighted by molar-refractivity contribution is -0.141. The quantitative estimate of drug-likeness (QED) is 0.509. The number of hydrogen-bond acceptors (Lipinski definition) is 8. The Labute approximate surface area is 193 Å². The highest BCUT2D eigenvalue weighted by Gasteiger charge is 2.33. The van der Waals surface area contributed by atoms with Gasteiger partial charge in [-0.2, -0.15) is 13.2 Å². The van der Waals surface area contributed by atoms with Crippen molar-refractivity contribution in [1.82, 2.24) is 14.8 Å². The van der Waals surface area contributed by atoms with E-state index in [1.165, 1.54) is 0 Å². The second kappa shape index (κ2) is 11.5. The molecule has 0 spiro atoms. The molecule has 0 unspecified atom stereocenters. The summed E-state index contributed by atoms with van der Waals surface area (Å²) in [4.78, 5) is 14.3. The van der Waals surface area contributed by atoms with Gasteiger partial charge in [-0.15, -0.1) is 10.2 Å². The lowest BCUT2D eigenvalue weighted by atomic mass is 10.2. The van der Waals surface area contributed by atoms with Crippen LogP contribution in [0.25, 0.3) is 0 Å². The van der Waals surface area contributed by atoms with Gasteiger partial charge in [-0.3, -0.25) is 9.36 Å². The minimum absolute atomic E-state index is 0.0112. The van der Waals surface area contributed by atoms with Crippen LogP contribution in [0.5, 0.6) is 11.5 Å². The Morgan fingerprint density at radius 1 is 1.18 bits per heavy atom. The number of alkyl halides is 3. The first-order valence-corrected chi connectivity index (χ1v) is 11.4. The van der Waals surface area contributed by atoms with E-state index in [-0.39, 0.29) is 16.9 Å².